The summed E-state index contributed by atoms with van der Waals surface area (Å²) < 4.78 is 0. The van der Waals surface area contributed by atoms with Gasteiger partial charge in [-0.05, 0) is 23.3 Å². The molecule has 2 rings (SSSR count). The van der Waals surface area contributed by atoms with E-state index in [0.29, 0.717) is 12.0 Å². The van der Waals surface area contributed by atoms with Gasteiger partial charge >= 0.3 is 5.97 Å². The highest BCUT2D eigenvalue weighted by molar-refractivity contribution is 6.07. The van der Waals surface area contributed by atoms with Crippen molar-refractivity contribution in [1.82, 2.24) is 5.32 Å². The number of amides is 1. The van der Waals surface area contributed by atoms with Crippen molar-refractivity contribution in [1.29, 1.82) is 0 Å². The van der Waals surface area contributed by atoms with Crippen LogP contribution in [-0.4, -0.2) is 28.8 Å². The van der Waals surface area contributed by atoms with Crippen LogP contribution in [0, 0.1) is 0 Å². The molecule has 0 fully saturated rings. The van der Waals surface area contributed by atoms with Gasteiger partial charge in [-0.3, -0.25) is 9.59 Å². The van der Waals surface area contributed by atoms with E-state index in [9.17, 15) is 19.5 Å². The SMILES string of the molecule is CCC(=O)CC[C@@H](NC(=O)c1cccc2ccccc12)C(=O)O. The summed E-state index contributed by atoms with van der Waals surface area (Å²) >= 11 is 0. The smallest absolute Gasteiger partial charge is 0.326 e. The molecule has 0 aliphatic rings. The Balaban J connectivity index is 2.17. The minimum Gasteiger partial charge on any atom is -0.480 e. The van der Waals surface area contributed by atoms with Crippen molar-refractivity contribution in [3.8, 4) is 0 Å². The predicted octanol–water partition coefficient (Wildman–Crippen LogP) is 2.78. The number of benzene rings is 2. The van der Waals surface area contributed by atoms with Gasteiger partial charge in [0.05, 0.1) is 0 Å². The predicted molar refractivity (Wildman–Crippen MR) is 87.4 cm³/mol. The molecule has 0 aromatic heterocycles. The van der Waals surface area contributed by atoms with Crippen LogP contribution >= 0.6 is 0 Å². The molecule has 2 aromatic carbocycles. The molecule has 0 saturated heterocycles. The number of aliphatic carboxylic acids is 1. The van der Waals surface area contributed by atoms with Gasteiger partial charge in [-0.25, -0.2) is 4.79 Å². The lowest BCUT2D eigenvalue weighted by atomic mass is 10.0. The molecule has 120 valence electrons. The molecule has 1 amide bonds. The Hall–Kier alpha value is -2.69. The summed E-state index contributed by atoms with van der Waals surface area (Å²) in [6, 6.07) is 11.6. The van der Waals surface area contributed by atoms with Crippen LogP contribution in [0.1, 0.15) is 36.5 Å². The van der Waals surface area contributed by atoms with Gasteiger partial charge in [-0.1, -0.05) is 43.3 Å². The molecule has 0 heterocycles. The second-order valence-corrected chi connectivity index (χ2v) is 5.32. The maximum absolute atomic E-state index is 12.4. The molecule has 5 heteroatoms. The molecule has 0 bridgehead atoms. The van der Waals surface area contributed by atoms with E-state index in [2.05, 4.69) is 5.32 Å². The van der Waals surface area contributed by atoms with Crippen molar-refractivity contribution in [3.05, 3.63) is 48.0 Å². The van der Waals surface area contributed by atoms with Crippen LogP contribution in [0.25, 0.3) is 10.8 Å². The molecular weight excluding hydrogens is 294 g/mol. The van der Waals surface area contributed by atoms with Gasteiger partial charge in [0.1, 0.15) is 11.8 Å². The van der Waals surface area contributed by atoms with Crippen LogP contribution in [0.2, 0.25) is 0 Å². The van der Waals surface area contributed by atoms with Gasteiger partial charge in [-0.15, -0.1) is 0 Å². The fraction of sp³-hybridized carbons (Fsp3) is 0.278. The van der Waals surface area contributed by atoms with Crippen LogP contribution in [0.5, 0.6) is 0 Å². The molecular formula is C18H19NO4. The highest BCUT2D eigenvalue weighted by atomic mass is 16.4. The van der Waals surface area contributed by atoms with Crippen LogP contribution in [0.3, 0.4) is 0 Å². The van der Waals surface area contributed by atoms with E-state index in [1.807, 2.05) is 30.3 Å². The number of ketones is 1. The van der Waals surface area contributed by atoms with E-state index in [1.54, 1.807) is 19.1 Å². The van der Waals surface area contributed by atoms with Gasteiger partial charge in [0.25, 0.3) is 5.91 Å². The number of nitrogens with one attached hydrogen (secondary N) is 1. The van der Waals surface area contributed by atoms with E-state index < -0.39 is 17.9 Å². The van der Waals surface area contributed by atoms with Crippen molar-refractivity contribution < 1.29 is 19.5 Å². The summed E-state index contributed by atoms with van der Waals surface area (Å²) in [6.45, 7) is 1.73. The average molecular weight is 313 g/mol. The molecule has 0 aliphatic carbocycles. The number of rotatable bonds is 7. The quantitative estimate of drug-likeness (QED) is 0.823. The first-order valence-electron chi connectivity index (χ1n) is 7.56. The molecule has 0 spiro atoms. The first-order chi connectivity index (χ1) is 11.0. The summed E-state index contributed by atoms with van der Waals surface area (Å²) in [6.07, 6.45) is 0.603. The van der Waals surface area contributed by atoms with Crippen LogP contribution < -0.4 is 5.32 Å². The number of carbonyl (C=O) groups excluding carboxylic acids is 2. The molecule has 2 N–H and O–H groups in total. The highest BCUT2D eigenvalue weighted by Crippen LogP contribution is 2.18. The highest BCUT2D eigenvalue weighted by Gasteiger charge is 2.22. The number of carboxylic acid groups (broad SMARTS) is 1. The molecule has 2 aromatic rings. The fourth-order valence-corrected chi connectivity index (χ4v) is 2.40. The number of hydrogen-bond acceptors (Lipinski definition) is 3. The minimum atomic E-state index is -1.14. The summed E-state index contributed by atoms with van der Waals surface area (Å²) in [5, 5.41) is 13.4. The monoisotopic (exact) mass is 313 g/mol. The average Bonchev–Trinajstić information content (AvgIpc) is 2.57. The third-order valence-corrected chi connectivity index (χ3v) is 3.74. The molecule has 23 heavy (non-hydrogen) atoms. The lowest BCUT2D eigenvalue weighted by Gasteiger charge is -2.15. The molecule has 0 unspecified atom stereocenters. The number of carbonyl (C=O) groups is 3. The molecule has 0 aliphatic heterocycles. The van der Waals surface area contributed by atoms with E-state index in [4.69, 9.17) is 0 Å². The summed E-state index contributed by atoms with van der Waals surface area (Å²) in [7, 11) is 0. The van der Waals surface area contributed by atoms with E-state index in [-0.39, 0.29) is 18.6 Å². The van der Waals surface area contributed by atoms with Gasteiger partial charge in [0.15, 0.2) is 0 Å². The molecule has 0 radical (unpaired) electrons. The summed E-state index contributed by atoms with van der Waals surface area (Å²) in [5.74, 6) is -1.60. The Morgan fingerprint density at radius 2 is 1.78 bits per heavy atom. The minimum absolute atomic E-state index is 0.0179. The summed E-state index contributed by atoms with van der Waals surface area (Å²) in [5.41, 5.74) is 0.427. The van der Waals surface area contributed by atoms with Crippen molar-refractivity contribution in [3.63, 3.8) is 0 Å². The lowest BCUT2D eigenvalue weighted by molar-refractivity contribution is -0.139. The third kappa shape index (κ3) is 4.16. The fourth-order valence-electron chi connectivity index (χ4n) is 2.40. The maximum Gasteiger partial charge on any atom is 0.326 e. The standard InChI is InChI=1S/C18H19NO4/c1-2-13(20)10-11-16(18(22)23)19-17(21)15-9-5-7-12-6-3-4-8-14(12)15/h3-9,16H,2,10-11H2,1H3,(H,19,21)(H,22,23)/t16-/m1/s1. The van der Waals surface area contributed by atoms with Gasteiger partial charge in [0, 0.05) is 18.4 Å². The maximum atomic E-state index is 12.4. The Bertz CT molecular complexity index is 733. The first-order valence-corrected chi connectivity index (χ1v) is 7.56. The largest absolute Gasteiger partial charge is 0.480 e. The second-order valence-electron chi connectivity index (χ2n) is 5.32. The third-order valence-electron chi connectivity index (χ3n) is 3.74. The zero-order valence-corrected chi connectivity index (χ0v) is 12.9. The number of carboxylic acids is 1. The second kappa shape index (κ2) is 7.54. The Labute approximate surface area is 134 Å². The molecule has 5 nitrogen and oxygen atoms in total. The van der Waals surface area contributed by atoms with Crippen LogP contribution in [0.15, 0.2) is 42.5 Å². The van der Waals surface area contributed by atoms with Crippen molar-refractivity contribution >= 4 is 28.4 Å². The normalized spacial score (nSPS) is 11.9. The van der Waals surface area contributed by atoms with Crippen molar-refractivity contribution in [2.24, 2.45) is 0 Å². The zero-order chi connectivity index (χ0) is 16.8. The van der Waals surface area contributed by atoms with Gasteiger partial charge in [0.2, 0.25) is 0 Å². The first kappa shape index (κ1) is 16.7. The molecule has 0 saturated carbocycles. The zero-order valence-electron chi connectivity index (χ0n) is 12.9. The van der Waals surface area contributed by atoms with Crippen molar-refractivity contribution in [2.45, 2.75) is 32.2 Å². The molecule has 1 atom stereocenters. The Morgan fingerprint density at radius 1 is 1.09 bits per heavy atom. The number of hydrogen-bond donors (Lipinski definition) is 2. The lowest BCUT2D eigenvalue weighted by Crippen LogP contribution is -2.41. The number of Topliss-reactive ketones (excluding diaryl/α,β-unsaturated/α-hetero) is 1. The Kier molecular flexibility index (Phi) is 5.46. The van der Waals surface area contributed by atoms with Crippen LogP contribution in [-0.2, 0) is 9.59 Å². The topological polar surface area (TPSA) is 83.5 Å². The summed E-state index contributed by atoms with van der Waals surface area (Å²) in [4.78, 5) is 35.1. The van der Waals surface area contributed by atoms with Gasteiger partial charge in [-0.2, -0.15) is 0 Å². The Morgan fingerprint density at radius 3 is 2.48 bits per heavy atom. The van der Waals surface area contributed by atoms with E-state index >= 15 is 0 Å². The van der Waals surface area contributed by atoms with Crippen molar-refractivity contribution in [2.75, 3.05) is 0 Å². The van der Waals surface area contributed by atoms with Gasteiger partial charge < -0.3 is 10.4 Å². The van der Waals surface area contributed by atoms with Crippen LogP contribution in [0.4, 0.5) is 0 Å². The van der Waals surface area contributed by atoms with E-state index in [0.717, 1.165) is 10.8 Å². The number of fused-ring (bicyclic) bond motifs is 1. The van der Waals surface area contributed by atoms with E-state index in [1.165, 1.54) is 0 Å².